The summed E-state index contributed by atoms with van der Waals surface area (Å²) >= 11 is 41.8. The molecule has 127 heavy (non-hydrogen) atoms. The van der Waals surface area contributed by atoms with Crippen LogP contribution in [-0.4, -0.2) is 274 Å². The van der Waals surface area contributed by atoms with Crippen LogP contribution in [0.2, 0.25) is 36.7 Å². The lowest BCUT2D eigenvalue weighted by Gasteiger charge is -2.25. The number of ether oxygens (including phenoxy) is 11. The van der Waals surface area contributed by atoms with Crippen LogP contribution in [0, 0.1) is 0 Å². The number of carbonyl (C=O) groups is 2. The monoisotopic (exact) mass is 1930 g/mol. The molecule has 1 unspecified atom stereocenters. The minimum Gasteiger partial charge on any atom is -0.456 e. The molecule has 51 heteroatoms. The average molecular weight is 1930 g/mol. The third kappa shape index (κ3) is 21.1. The molecule has 19 rings (SSSR count). The summed E-state index contributed by atoms with van der Waals surface area (Å²) in [7, 11) is -3.36. The van der Waals surface area contributed by atoms with Crippen molar-refractivity contribution in [1.29, 1.82) is 0 Å². The summed E-state index contributed by atoms with van der Waals surface area (Å²) in [5.41, 5.74) is 2.37. The highest BCUT2D eigenvalue weighted by atomic mass is 35.5. The average Bonchev–Trinajstić information content (AvgIpc) is 1.57. The number of aromatic nitrogens is 20. The summed E-state index contributed by atoms with van der Waals surface area (Å²) in [6, 6.07) is 1.07. The molecule has 16 atom stereocenters. The number of carbonyl (C=O) groups excluding carboxylic acids is 2. The Hall–Kier alpha value is -7.25. The van der Waals surface area contributed by atoms with Gasteiger partial charge in [0.15, 0.2) is 76.9 Å². The van der Waals surface area contributed by atoms with Crippen LogP contribution in [0.3, 0.4) is 0 Å². The number of hydrogen-bond acceptors (Lipinski definition) is 38. The molecule has 3 aliphatic carbocycles. The van der Waals surface area contributed by atoms with Crippen molar-refractivity contribution in [1.82, 2.24) is 99.2 Å². The molecule has 43 nitrogen and oxygen atoms in total. The van der Waals surface area contributed by atoms with Crippen LogP contribution in [-0.2, 0) is 75.3 Å². The quantitative estimate of drug-likeness (QED) is 0.0128. The first-order valence-electron chi connectivity index (χ1n) is 41.7. The zero-order valence-corrected chi connectivity index (χ0v) is 76.4. The first-order valence-corrected chi connectivity index (χ1v) is 46.0. The van der Waals surface area contributed by atoms with Gasteiger partial charge in [0.05, 0.1) is 90.9 Å². The van der Waals surface area contributed by atoms with E-state index in [-0.39, 0.29) is 70.5 Å². The van der Waals surface area contributed by atoms with Crippen molar-refractivity contribution >= 4 is 173 Å². The molecular formula is C76H97Cl7N23O20P. The normalized spacial score (nSPS) is 27.3. The highest BCUT2D eigenvalue weighted by molar-refractivity contribution is 7.53. The Kier molecular flexibility index (Phi) is 30.1. The Morgan fingerprint density at radius 3 is 1.29 bits per heavy atom. The highest BCUT2D eigenvalue weighted by Crippen LogP contribution is 2.50. The number of rotatable bonds is 23. The third-order valence-corrected chi connectivity index (χ3v) is 25.6. The van der Waals surface area contributed by atoms with E-state index in [2.05, 4.69) is 96.4 Å². The third-order valence-electron chi connectivity index (χ3n) is 22.4. The van der Waals surface area contributed by atoms with Crippen LogP contribution in [0.1, 0.15) is 171 Å². The summed E-state index contributed by atoms with van der Waals surface area (Å²) in [5, 5.41) is 77.6. The molecule has 9 fully saturated rings. The van der Waals surface area contributed by atoms with Gasteiger partial charge in [-0.1, -0.05) is 68.7 Å². The van der Waals surface area contributed by atoms with Gasteiger partial charge in [-0.2, -0.15) is 65.4 Å². The van der Waals surface area contributed by atoms with E-state index in [4.69, 9.17) is 142 Å². The lowest BCUT2D eigenvalue weighted by atomic mass is 10.1. The Labute approximate surface area is 760 Å². The molecular weight excluding hydrogens is 1830 g/mol. The Bertz CT molecular complexity index is 5560. The van der Waals surface area contributed by atoms with Gasteiger partial charge in [0, 0.05) is 32.0 Å². The Morgan fingerprint density at radius 1 is 0.472 bits per heavy atom. The highest BCUT2D eigenvalue weighted by Gasteiger charge is 2.59. The van der Waals surface area contributed by atoms with E-state index in [9.17, 15) is 34.6 Å². The van der Waals surface area contributed by atoms with Crippen molar-refractivity contribution in [2.45, 2.75) is 274 Å². The smallest absolute Gasteiger partial charge is 0.356 e. The van der Waals surface area contributed by atoms with Crippen molar-refractivity contribution < 1.29 is 95.7 Å². The van der Waals surface area contributed by atoms with E-state index in [1.165, 1.54) is 67.9 Å². The maximum Gasteiger partial charge on any atom is 0.356 e. The van der Waals surface area contributed by atoms with E-state index < -0.39 is 130 Å². The summed E-state index contributed by atoms with van der Waals surface area (Å²) in [4.78, 5) is 64.8. The number of hydrogen-bond donors (Lipinski definition) is 8. The van der Waals surface area contributed by atoms with Gasteiger partial charge in [0.2, 0.25) is 26.4 Å². The molecule has 6 saturated heterocycles. The zero-order chi connectivity index (χ0) is 90.1. The molecule has 690 valence electrons. The number of nitrogens with zero attached hydrogens (tertiary/aromatic N) is 19. The van der Waals surface area contributed by atoms with E-state index in [1.54, 1.807) is 48.0 Å². The summed E-state index contributed by atoms with van der Waals surface area (Å²) in [5.74, 6) is -0.686. The molecule has 8 N–H and O–H groups in total. The van der Waals surface area contributed by atoms with Crippen molar-refractivity contribution in [3.8, 4) is 0 Å². The van der Waals surface area contributed by atoms with Crippen LogP contribution in [0.25, 0.3) is 55.2 Å². The van der Waals surface area contributed by atoms with Crippen LogP contribution in [0.5, 0.6) is 0 Å². The molecule has 16 heterocycles. The van der Waals surface area contributed by atoms with Gasteiger partial charge in [-0.15, -0.1) is 0 Å². The zero-order valence-electron chi connectivity index (χ0n) is 70.2. The fourth-order valence-corrected chi connectivity index (χ4v) is 19.6. The molecule has 9 aliphatic rings. The number of aromatic amines is 1. The Balaban J connectivity index is 0.000000126. The maximum atomic E-state index is 12.8. The number of aliphatic hydroxyl groups excluding tert-OH is 4. The van der Waals surface area contributed by atoms with Crippen molar-refractivity contribution in [2.24, 2.45) is 0 Å². The van der Waals surface area contributed by atoms with E-state index in [0.29, 0.717) is 91.5 Å². The molecule has 0 bridgehead atoms. The predicted octanol–water partition coefficient (Wildman–Crippen LogP) is 11.1. The van der Waals surface area contributed by atoms with Crippen LogP contribution in [0.15, 0.2) is 31.0 Å². The molecule has 0 radical (unpaired) electrons. The number of fused-ring (bicyclic) bond motifs is 7. The summed E-state index contributed by atoms with van der Waals surface area (Å²) in [6.07, 6.45) is 10.9. The molecule has 10 aromatic rings. The lowest BCUT2D eigenvalue weighted by molar-refractivity contribution is -0.202. The van der Waals surface area contributed by atoms with Gasteiger partial charge < -0.3 is 97.5 Å². The first kappa shape index (κ1) is 94.4. The van der Waals surface area contributed by atoms with E-state index in [0.717, 1.165) is 49.3 Å². The largest absolute Gasteiger partial charge is 0.456 e. The van der Waals surface area contributed by atoms with Crippen LogP contribution >= 0.6 is 88.8 Å². The number of anilines is 3. The second kappa shape index (κ2) is 40.5. The van der Waals surface area contributed by atoms with Crippen molar-refractivity contribution in [3.05, 3.63) is 67.7 Å². The van der Waals surface area contributed by atoms with E-state index in [1.807, 2.05) is 34.6 Å². The van der Waals surface area contributed by atoms with Crippen LogP contribution in [0.4, 0.5) is 17.5 Å². The number of nitrogens with one attached hydrogen (secondary N) is 4. The SMILES string of the molecule is CC1(C)O[C@@H]2[C@H](O1)[C@@H](CO)O[C@H]2n1ncc2c(NC3CCCC3)nc(Cl)nc21.CCOP(=O)(COC[C@H]1O[C@@H](n2ncc3c(NC4CCCC4)nc(Cl)nc32)[C@@H]2OC(C)(C)O[C@@H]21)OCC.CC[C@H]1O[C@@H](n2ncc3c(Cl)nc(Cl)nc32)C(OC(C)=O)[C@@H]1OC(C)=O.Clc1nc(Cl)c2cn[nH]c2n1.OC[C@H]1O[C@@H](n2ncc3c(NC4CCCC4)nc(Cl)nc32)[C@H](O)[C@@H]1O. The number of esters is 2. The fraction of sp³-hybridized carbons (Fsp3) is 0.645. The fourth-order valence-electron chi connectivity index (χ4n) is 16.9. The molecule has 6 aliphatic heterocycles. The number of H-pyrrole nitrogens is 1. The van der Waals surface area contributed by atoms with Crippen molar-refractivity contribution in [2.75, 3.05) is 55.3 Å². The first-order chi connectivity index (χ1) is 60.8. The number of aliphatic hydroxyl groups is 4. The van der Waals surface area contributed by atoms with Crippen LogP contribution < -0.4 is 16.0 Å². The predicted molar refractivity (Wildman–Crippen MR) is 458 cm³/mol. The van der Waals surface area contributed by atoms with Gasteiger partial charge in [-0.25, -0.2) is 28.7 Å². The topological polar surface area (TPSA) is 517 Å². The Morgan fingerprint density at radius 2 is 0.850 bits per heavy atom. The molecule has 0 aromatic carbocycles. The second-order valence-corrected chi connectivity index (χ2v) is 36.5. The summed E-state index contributed by atoms with van der Waals surface area (Å²) < 4.78 is 94.2. The van der Waals surface area contributed by atoms with Crippen molar-refractivity contribution in [3.63, 3.8) is 0 Å². The van der Waals surface area contributed by atoms with Gasteiger partial charge in [-0.3, -0.25) is 19.3 Å². The minimum absolute atomic E-state index is 0.0569. The molecule has 0 amide bonds. The van der Waals surface area contributed by atoms with Gasteiger partial charge in [0.1, 0.15) is 95.1 Å². The maximum absolute atomic E-state index is 12.8. The summed E-state index contributed by atoms with van der Waals surface area (Å²) in [6.45, 7) is 15.4. The van der Waals surface area contributed by atoms with Gasteiger partial charge in [-0.05, 0) is 144 Å². The second-order valence-electron chi connectivity index (χ2n) is 32.1. The number of halogens is 7. The molecule has 0 spiro atoms. The van der Waals surface area contributed by atoms with Gasteiger partial charge >= 0.3 is 19.5 Å². The van der Waals surface area contributed by atoms with Gasteiger partial charge in [0.25, 0.3) is 0 Å². The molecule has 3 saturated carbocycles. The lowest BCUT2D eigenvalue weighted by Crippen LogP contribution is -2.38. The van der Waals surface area contributed by atoms with E-state index >= 15 is 0 Å². The standard InChI is InChI=1S/C23H35ClN5O7P.C18H24ClN5O4.C15H16Cl2N4O5.C15H20ClN5O4.C5H2Cl2N4/c1-5-32-37(30,33-6-2)13-31-12-16-17-18(36-23(3,4)35-17)21(34-16)29-20-15(11-25-29)19(27-22(24)28-20)26-14-9-7-8-10-14;1-18(2)27-12-11(8-25)26-16(13(12)28-18)24-15-10(7-20-24)14(22-17(19)23-15)21-9-5-3-4-6-9;1-4-9-10(24-6(2)22)11(25-7(3)23)14(26-9)21-13-8(5-18-21)12(16)19-15(17)20-13;16-15-19-12(18-7-3-1-2-4-7)8-5-17-21(13(8)20-15)14-11(24)10(23)9(6-22)25-14;6-3-2-1-8-11-4(2)10-5(7)9-3/h11,14,16-18,21H,5-10,12-13H2,1-4H3,(H,26,27,28);7,9,11-13,16,25H,3-6,8H2,1-2H3,(H,21,22,23);5,9-11,14H,4H2,1-3H3;5,7,9-11,14,22-24H,1-4,6H2,(H,18,19,20);1H,(H,8,9,10,11)/t16-,17-,18-,21-;11-,12-,13-,16-;9-,10-,11?,14-;9-,10-,11-,14-;/m1111./s1. The molecule has 10 aromatic heterocycles. The minimum atomic E-state index is -3.36.